The molecule has 3 rings (SSSR count). The third kappa shape index (κ3) is 3.04. The molecule has 0 aliphatic heterocycles. The Balaban J connectivity index is 1.53. The summed E-state index contributed by atoms with van der Waals surface area (Å²) < 4.78 is 0. The van der Waals surface area contributed by atoms with Gasteiger partial charge >= 0.3 is 0 Å². The van der Waals surface area contributed by atoms with Gasteiger partial charge in [-0.05, 0) is 18.1 Å². The predicted molar refractivity (Wildman–Crippen MR) is 82.0 cm³/mol. The van der Waals surface area contributed by atoms with E-state index >= 15 is 0 Å². The molecule has 104 valence electrons. The van der Waals surface area contributed by atoms with Crippen LogP contribution in [0.3, 0.4) is 0 Å². The third-order valence-electron chi connectivity index (χ3n) is 3.86. The van der Waals surface area contributed by atoms with Gasteiger partial charge in [-0.2, -0.15) is 0 Å². The van der Waals surface area contributed by atoms with Crippen molar-refractivity contribution in [2.24, 2.45) is 0 Å². The summed E-state index contributed by atoms with van der Waals surface area (Å²) >= 11 is 6.09. The van der Waals surface area contributed by atoms with Gasteiger partial charge in [-0.1, -0.05) is 60.1 Å². The maximum atomic E-state index is 10.2. The Labute approximate surface area is 124 Å². The first kappa shape index (κ1) is 13.6. The second-order valence-corrected chi connectivity index (χ2v) is 5.71. The van der Waals surface area contributed by atoms with Crippen molar-refractivity contribution in [2.45, 2.75) is 24.5 Å². The van der Waals surface area contributed by atoms with Crippen molar-refractivity contribution < 1.29 is 5.11 Å². The van der Waals surface area contributed by atoms with Gasteiger partial charge < -0.3 is 10.4 Å². The number of hydrogen-bond acceptors (Lipinski definition) is 2. The van der Waals surface area contributed by atoms with E-state index in [0.29, 0.717) is 23.5 Å². The molecule has 2 N–H and O–H groups in total. The van der Waals surface area contributed by atoms with Crippen LogP contribution in [0.2, 0.25) is 5.02 Å². The molecule has 0 bridgehead atoms. The van der Waals surface area contributed by atoms with Gasteiger partial charge in [-0.3, -0.25) is 0 Å². The van der Waals surface area contributed by atoms with Gasteiger partial charge in [0, 0.05) is 29.1 Å². The van der Waals surface area contributed by atoms with Crippen molar-refractivity contribution in [3.8, 4) is 0 Å². The normalized spacial score (nSPS) is 22.5. The summed E-state index contributed by atoms with van der Waals surface area (Å²) in [5.74, 6) is 0.578. The lowest BCUT2D eigenvalue weighted by Gasteiger charge is -2.13. The van der Waals surface area contributed by atoms with Crippen LogP contribution < -0.4 is 5.32 Å². The molecule has 2 aromatic rings. The van der Waals surface area contributed by atoms with Crippen molar-refractivity contribution in [3.05, 3.63) is 70.7 Å². The van der Waals surface area contributed by atoms with E-state index in [9.17, 15) is 5.11 Å². The molecule has 0 spiro atoms. The van der Waals surface area contributed by atoms with Gasteiger partial charge in [0.2, 0.25) is 0 Å². The summed E-state index contributed by atoms with van der Waals surface area (Å²) in [4.78, 5) is 0. The number of aliphatic hydroxyl groups excluding tert-OH is 1. The van der Waals surface area contributed by atoms with Crippen molar-refractivity contribution in [3.63, 3.8) is 0 Å². The Morgan fingerprint density at radius 1 is 1.10 bits per heavy atom. The molecule has 0 heterocycles. The first-order chi connectivity index (χ1) is 9.75. The number of aliphatic hydroxyl groups is 1. The highest BCUT2D eigenvalue weighted by atomic mass is 35.5. The number of nitrogens with one attached hydrogen (secondary N) is 1. The first-order valence-electron chi connectivity index (χ1n) is 6.96. The largest absolute Gasteiger partial charge is 0.387 e. The zero-order valence-electron chi connectivity index (χ0n) is 11.2. The van der Waals surface area contributed by atoms with E-state index in [1.807, 2.05) is 30.3 Å². The van der Waals surface area contributed by atoms with E-state index in [2.05, 4.69) is 29.6 Å². The molecule has 1 fully saturated rings. The molecule has 20 heavy (non-hydrogen) atoms. The summed E-state index contributed by atoms with van der Waals surface area (Å²) in [6.07, 6.45) is 0.583. The van der Waals surface area contributed by atoms with Gasteiger partial charge in [0.25, 0.3) is 0 Å². The Kier molecular flexibility index (Phi) is 4.06. The summed E-state index contributed by atoms with van der Waals surface area (Å²) in [5.41, 5.74) is 2.16. The molecular formula is C17H18ClNO. The highest BCUT2D eigenvalue weighted by Gasteiger charge is 2.37. The van der Waals surface area contributed by atoms with E-state index < -0.39 is 6.10 Å². The highest BCUT2D eigenvalue weighted by Crippen LogP contribution is 2.40. The Morgan fingerprint density at radius 2 is 1.80 bits per heavy atom. The number of hydrogen-bond donors (Lipinski definition) is 2. The minimum Gasteiger partial charge on any atom is -0.387 e. The second-order valence-electron chi connectivity index (χ2n) is 5.30. The minimum absolute atomic E-state index is 0.467. The molecule has 3 atom stereocenters. The monoisotopic (exact) mass is 287 g/mol. The molecule has 0 radical (unpaired) electrons. The lowest BCUT2D eigenvalue weighted by molar-refractivity contribution is 0.174. The van der Waals surface area contributed by atoms with Crippen LogP contribution in [0.15, 0.2) is 54.6 Å². The van der Waals surface area contributed by atoms with E-state index in [-0.39, 0.29) is 0 Å². The lowest BCUT2D eigenvalue weighted by Crippen LogP contribution is -2.24. The van der Waals surface area contributed by atoms with Crippen molar-refractivity contribution in [1.82, 2.24) is 5.32 Å². The van der Waals surface area contributed by atoms with E-state index in [4.69, 9.17) is 11.6 Å². The Bertz CT molecular complexity index is 572. The van der Waals surface area contributed by atoms with Gasteiger partial charge in [-0.25, -0.2) is 0 Å². The average Bonchev–Trinajstić information content (AvgIpc) is 3.26. The molecule has 1 aliphatic rings. The summed E-state index contributed by atoms with van der Waals surface area (Å²) in [7, 11) is 0. The summed E-state index contributed by atoms with van der Waals surface area (Å²) in [5, 5.41) is 14.2. The molecule has 3 heteroatoms. The van der Waals surface area contributed by atoms with Crippen LogP contribution in [0.4, 0.5) is 0 Å². The molecule has 2 aromatic carbocycles. The first-order valence-corrected chi connectivity index (χ1v) is 7.34. The van der Waals surface area contributed by atoms with Crippen molar-refractivity contribution in [2.75, 3.05) is 6.54 Å². The standard InChI is InChI=1S/C17H18ClNO/c18-15-9-5-4-8-13(15)17(20)11-19-16-10-14(16)12-6-2-1-3-7-12/h1-9,14,16-17,19-20H,10-11H2. The average molecular weight is 288 g/mol. The Morgan fingerprint density at radius 3 is 2.55 bits per heavy atom. The van der Waals surface area contributed by atoms with Crippen molar-refractivity contribution >= 4 is 11.6 Å². The Hall–Kier alpha value is -1.35. The number of benzene rings is 2. The number of rotatable bonds is 5. The van der Waals surface area contributed by atoms with Gasteiger partial charge in [0.1, 0.15) is 0 Å². The predicted octanol–water partition coefficient (Wildman–Crippen LogP) is 3.52. The fourth-order valence-corrected chi connectivity index (χ4v) is 2.87. The van der Waals surface area contributed by atoms with Crippen LogP contribution >= 0.6 is 11.6 Å². The van der Waals surface area contributed by atoms with Crippen LogP contribution in [0, 0.1) is 0 Å². The SMILES string of the molecule is OC(CNC1CC1c1ccccc1)c1ccccc1Cl. The van der Waals surface area contributed by atoms with Crippen LogP contribution in [0.1, 0.15) is 29.6 Å². The zero-order valence-corrected chi connectivity index (χ0v) is 11.9. The molecule has 0 aromatic heterocycles. The van der Waals surface area contributed by atoms with E-state index in [0.717, 1.165) is 12.0 Å². The maximum absolute atomic E-state index is 10.2. The second kappa shape index (κ2) is 5.96. The summed E-state index contributed by atoms with van der Waals surface area (Å²) in [6.45, 7) is 0.539. The quantitative estimate of drug-likeness (QED) is 0.882. The molecule has 1 aliphatic carbocycles. The van der Waals surface area contributed by atoms with Crippen LogP contribution in [0.25, 0.3) is 0 Å². The van der Waals surface area contributed by atoms with Crippen molar-refractivity contribution in [1.29, 1.82) is 0 Å². The molecular weight excluding hydrogens is 270 g/mol. The highest BCUT2D eigenvalue weighted by molar-refractivity contribution is 6.31. The number of halogens is 1. The van der Waals surface area contributed by atoms with Gasteiger partial charge in [-0.15, -0.1) is 0 Å². The molecule has 0 saturated heterocycles. The molecule has 2 nitrogen and oxygen atoms in total. The van der Waals surface area contributed by atoms with Gasteiger partial charge in [0.05, 0.1) is 6.10 Å². The van der Waals surface area contributed by atoms with E-state index in [1.54, 1.807) is 0 Å². The minimum atomic E-state index is -0.555. The topological polar surface area (TPSA) is 32.3 Å². The van der Waals surface area contributed by atoms with Crippen LogP contribution in [-0.2, 0) is 0 Å². The fraction of sp³-hybridized carbons (Fsp3) is 0.294. The van der Waals surface area contributed by atoms with Gasteiger partial charge in [0.15, 0.2) is 0 Å². The zero-order chi connectivity index (χ0) is 13.9. The fourth-order valence-electron chi connectivity index (χ4n) is 2.61. The maximum Gasteiger partial charge on any atom is 0.0928 e. The third-order valence-corrected chi connectivity index (χ3v) is 4.20. The molecule has 1 saturated carbocycles. The summed E-state index contributed by atoms with van der Waals surface area (Å²) in [6, 6.07) is 18.4. The van der Waals surface area contributed by atoms with E-state index in [1.165, 1.54) is 5.56 Å². The molecule has 0 amide bonds. The lowest BCUT2D eigenvalue weighted by atomic mass is 10.1. The molecule has 3 unspecified atom stereocenters. The van der Waals surface area contributed by atoms with Crippen LogP contribution in [0.5, 0.6) is 0 Å². The van der Waals surface area contributed by atoms with Crippen LogP contribution in [-0.4, -0.2) is 17.7 Å². The smallest absolute Gasteiger partial charge is 0.0928 e.